The molecule has 7 heteroatoms. The van der Waals surface area contributed by atoms with Gasteiger partial charge in [0.25, 0.3) is 0 Å². The van der Waals surface area contributed by atoms with E-state index in [2.05, 4.69) is 67.7 Å². The quantitative estimate of drug-likeness (QED) is 0.439. The molecule has 0 radical (unpaired) electrons. The average molecular weight is 399 g/mol. The fourth-order valence-electron chi connectivity index (χ4n) is 1.97. The third-order valence-electron chi connectivity index (χ3n) is 5.89. The third-order valence-corrected chi connectivity index (χ3v) is 15.2. The van der Waals surface area contributed by atoms with Crippen molar-refractivity contribution in [2.75, 3.05) is 6.61 Å². The molecule has 1 unspecified atom stereocenters. The second-order valence-electron chi connectivity index (χ2n) is 9.88. The van der Waals surface area contributed by atoms with Gasteiger partial charge in [0.1, 0.15) is 12.2 Å². The molecule has 0 bridgehead atoms. The van der Waals surface area contributed by atoms with Crippen molar-refractivity contribution in [3.8, 4) is 0 Å². The third kappa shape index (κ3) is 5.04. The molecule has 1 saturated heterocycles. The van der Waals surface area contributed by atoms with Crippen LogP contribution in [0.2, 0.25) is 36.3 Å². The Kier molecular flexibility index (Phi) is 6.84. The Morgan fingerprint density at radius 3 is 1.83 bits per heavy atom. The van der Waals surface area contributed by atoms with E-state index in [0.29, 0.717) is 6.61 Å². The van der Waals surface area contributed by atoms with E-state index in [-0.39, 0.29) is 10.1 Å². The highest BCUT2D eigenvalue weighted by molar-refractivity contribution is 6.74. The summed E-state index contributed by atoms with van der Waals surface area (Å²) in [5.41, 5.74) is -0.965. The van der Waals surface area contributed by atoms with Crippen molar-refractivity contribution in [3.63, 3.8) is 0 Å². The molecule has 144 valence electrons. The van der Waals surface area contributed by atoms with Crippen molar-refractivity contribution >= 4 is 28.2 Å². The summed E-state index contributed by atoms with van der Waals surface area (Å²) in [6.07, 6.45) is -2.43. The molecule has 0 spiro atoms. The van der Waals surface area contributed by atoms with Crippen molar-refractivity contribution in [1.82, 2.24) is 0 Å². The van der Waals surface area contributed by atoms with Crippen LogP contribution < -0.4 is 0 Å². The lowest BCUT2D eigenvalue weighted by Gasteiger charge is -2.40. The molecular weight excluding hydrogens is 363 g/mol. The van der Waals surface area contributed by atoms with Crippen LogP contribution in [0.5, 0.6) is 0 Å². The van der Waals surface area contributed by atoms with Gasteiger partial charge in [-0.05, 0) is 36.3 Å². The molecule has 0 amide bonds. The minimum absolute atomic E-state index is 0.00194. The van der Waals surface area contributed by atoms with E-state index in [9.17, 15) is 4.39 Å². The molecule has 0 aromatic carbocycles. The maximum absolute atomic E-state index is 14.6. The lowest BCUT2D eigenvalue weighted by atomic mass is 10.2. The smallest absolute Gasteiger partial charge is 0.192 e. The van der Waals surface area contributed by atoms with Gasteiger partial charge in [0.15, 0.2) is 28.4 Å². The first-order valence-corrected chi connectivity index (χ1v) is 15.0. The number of rotatable bonds is 5. The predicted molar refractivity (Wildman–Crippen MR) is 105 cm³/mol. The Bertz CT molecular complexity index is 433. The van der Waals surface area contributed by atoms with Gasteiger partial charge in [-0.15, -0.1) is 0 Å². The maximum atomic E-state index is 14.6. The van der Waals surface area contributed by atoms with E-state index in [0.717, 1.165) is 0 Å². The minimum Gasteiger partial charge on any atom is -0.414 e. The average Bonchev–Trinajstić information content (AvgIpc) is 2.61. The highest BCUT2D eigenvalue weighted by atomic mass is 35.5. The number of hydrogen-bond acceptors (Lipinski definition) is 3. The van der Waals surface area contributed by atoms with Gasteiger partial charge in [-0.3, -0.25) is 0 Å². The molecule has 0 saturated carbocycles. The first-order chi connectivity index (χ1) is 10.5. The van der Waals surface area contributed by atoms with Crippen LogP contribution in [-0.2, 0) is 13.6 Å². The molecule has 0 aliphatic carbocycles. The molecule has 0 N–H and O–H groups in total. The molecule has 1 fully saturated rings. The van der Waals surface area contributed by atoms with Crippen LogP contribution in [0, 0.1) is 0 Å². The fraction of sp³-hybridized carbons (Fsp3) is 1.00. The topological polar surface area (TPSA) is 27.7 Å². The summed E-state index contributed by atoms with van der Waals surface area (Å²) in [5, 5.41) is 0.0961. The van der Waals surface area contributed by atoms with Crippen molar-refractivity contribution in [2.24, 2.45) is 0 Å². The first kappa shape index (κ1) is 22.6. The Balaban J connectivity index is 2.86. The monoisotopic (exact) mass is 398 g/mol. The van der Waals surface area contributed by atoms with E-state index in [4.69, 9.17) is 25.2 Å². The summed E-state index contributed by atoms with van der Waals surface area (Å²) in [7, 11) is -4.05. The largest absolute Gasteiger partial charge is 0.414 e. The first-order valence-electron chi connectivity index (χ1n) is 8.75. The molecule has 1 aliphatic heterocycles. The van der Waals surface area contributed by atoms with Gasteiger partial charge in [0.2, 0.25) is 0 Å². The van der Waals surface area contributed by atoms with Crippen LogP contribution in [0.1, 0.15) is 41.5 Å². The molecule has 1 rings (SSSR count). The molecule has 4 atom stereocenters. The van der Waals surface area contributed by atoms with Crippen LogP contribution in [0.4, 0.5) is 4.39 Å². The van der Waals surface area contributed by atoms with Crippen LogP contribution in [-0.4, -0.2) is 47.2 Å². The molecule has 24 heavy (non-hydrogen) atoms. The molecule has 1 heterocycles. The second-order valence-corrected chi connectivity index (χ2v) is 19.9. The SMILES string of the molecule is CC(C)(C)[Si](C)(C)OC[C@H]1OC(Cl)[C@H](F)[C@@H]1O[Si](C)(C)C(C)(C)C. The Hall–Kier alpha value is 0.534. The van der Waals surface area contributed by atoms with Crippen LogP contribution in [0.3, 0.4) is 0 Å². The van der Waals surface area contributed by atoms with Crippen molar-refractivity contribution in [3.05, 3.63) is 0 Å². The number of halogens is 2. The van der Waals surface area contributed by atoms with E-state index in [1.165, 1.54) is 0 Å². The van der Waals surface area contributed by atoms with Crippen LogP contribution in [0.25, 0.3) is 0 Å². The van der Waals surface area contributed by atoms with Gasteiger partial charge in [0, 0.05) is 0 Å². The van der Waals surface area contributed by atoms with Crippen LogP contribution in [0.15, 0.2) is 0 Å². The highest BCUT2D eigenvalue weighted by Gasteiger charge is 2.51. The maximum Gasteiger partial charge on any atom is 0.192 e. The van der Waals surface area contributed by atoms with E-state index in [1.807, 2.05) is 0 Å². The Morgan fingerprint density at radius 1 is 0.958 bits per heavy atom. The van der Waals surface area contributed by atoms with Gasteiger partial charge in [-0.1, -0.05) is 53.1 Å². The number of alkyl halides is 2. The van der Waals surface area contributed by atoms with E-state index < -0.39 is 40.6 Å². The molecule has 0 aromatic rings. The molecule has 3 nitrogen and oxygen atoms in total. The minimum atomic E-state index is -2.12. The van der Waals surface area contributed by atoms with Gasteiger partial charge < -0.3 is 13.6 Å². The summed E-state index contributed by atoms with van der Waals surface area (Å²) >= 11 is 6.03. The van der Waals surface area contributed by atoms with E-state index >= 15 is 0 Å². The predicted octanol–water partition coefficient (Wildman–Crippen LogP) is 5.70. The summed E-state index contributed by atoms with van der Waals surface area (Å²) in [6.45, 7) is 21.9. The zero-order valence-corrected chi connectivity index (χ0v) is 19.8. The summed E-state index contributed by atoms with van der Waals surface area (Å²) in [6, 6.07) is 0. The van der Waals surface area contributed by atoms with Crippen molar-refractivity contribution < 1.29 is 18.0 Å². The standard InChI is InChI=1S/C17H36ClFO3Si2/c1-16(2,3)23(7,8)20-11-12-14(13(19)15(18)21-12)22-24(9,10)17(4,5)6/h12-15H,11H2,1-10H3/t12-,13-,14-,15?/m1/s1. The number of ether oxygens (including phenoxy) is 1. The summed E-state index contributed by atoms with van der Waals surface area (Å²) in [4.78, 5) is 0. The lowest BCUT2D eigenvalue weighted by Crippen LogP contribution is -2.50. The van der Waals surface area contributed by atoms with Crippen molar-refractivity contribution in [2.45, 2.75) is 102 Å². The molecule has 0 aromatic heterocycles. The van der Waals surface area contributed by atoms with Gasteiger partial charge in [-0.2, -0.15) is 0 Å². The normalized spacial score (nSPS) is 30.0. The van der Waals surface area contributed by atoms with Crippen molar-refractivity contribution in [1.29, 1.82) is 0 Å². The Labute approximate surface area is 154 Å². The summed E-state index contributed by atoms with van der Waals surface area (Å²) in [5.74, 6) is 0. The lowest BCUT2D eigenvalue weighted by molar-refractivity contribution is 0.00229. The van der Waals surface area contributed by atoms with Gasteiger partial charge in [-0.25, -0.2) is 4.39 Å². The van der Waals surface area contributed by atoms with Gasteiger partial charge in [0.05, 0.1) is 6.61 Å². The number of hydrogen-bond donors (Lipinski definition) is 0. The zero-order chi connectivity index (χ0) is 19.1. The Morgan fingerprint density at radius 2 is 1.42 bits per heavy atom. The highest BCUT2D eigenvalue weighted by Crippen LogP contribution is 2.42. The van der Waals surface area contributed by atoms with E-state index in [1.54, 1.807) is 0 Å². The fourth-order valence-corrected chi connectivity index (χ4v) is 4.58. The zero-order valence-electron chi connectivity index (χ0n) is 17.0. The van der Waals surface area contributed by atoms with Crippen LogP contribution >= 0.6 is 11.6 Å². The molecular formula is C17H36ClFO3Si2. The van der Waals surface area contributed by atoms with Gasteiger partial charge >= 0.3 is 0 Å². The molecule has 1 aliphatic rings. The second kappa shape index (κ2) is 7.27. The summed E-state index contributed by atoms with van der Waals surface area (Å²) < 4.78 is 32.8.